The SMILES string of the molecule is [2H]c1cc([2H])c2c(c1)c1c([2H])c([2H])c3c4cc([2H])cc([2H])c4n(-c4nc(-c5ccccc5)nc(-c5cccc6c5sc5ccccc56)n4)c3c1n2-c1cccc(-c2ccccc2)c1. The normalized spacial score (nSPS) is 13.3. The largest absolute Gasteiger partial charge is 0.307 e. The molecule has 4 aromatic heterocycles. The molecule has 0 N–H and O–H groups in total. The Bertz CT molecular complexity index is 3880. The molecule has 0 radical (unpaired) electrons. The number of hydrogen-bond donors (Lipinski definition) is 0. The molecule has 8 aromatic carbocycles. The summed E-state index contributed by atoms with van der Waals surface area (Å²) in [6, 6.07) is 48.4. The monoisotopic (exact) mass is 751 g/mol. The minimum Gasteiger partial charge on any atom is -0.307 e. The smallest absolute Gasteiger partial charge is 0.238 e. The van der Waals surface area contributed by atoms with E-state index in [1.54, 1.807) is 28.0 Å². The van der Waals surface area contributed by atoms with Crippen molar-refractivity contribution in [2.75, 3.05) is 0 Å². The standard InChI is InChI=1S/C51H31N5S/c1-3-15-32(16-4-1)34-19-13-20-35(31-34)55-43-26-10-7-21-36(43)39-29-30-40-37-22-8-11-27-44(37)56(47(40)46(39)55)51-53-49(33-17-5-2-6-18-33)52-50(54-51)42-25-14-24-41-38-23-9-12-28-45(38)57-48(41)42/h1-31H/i7D,8D,26D,27D,29D,30D. The molecule has 57 heavy (non-hydrogen) atoms. The van der Waals surface area contributed by atoms with E-state index in [1.807, 2.05) is 114 Å². The average molecular weight is 752 g/mol. The lowest BCUT2D eigenvalue weighted by Crippen LogP contribution is -2.07. The summed E-state index contributed by atoms with van der Waals surface area (Å²) in [5.74, 6) is 0.997. The molecule has 0 fully saturated rings. The molecule has 0 bridgehead atoms. The fourth-order valence-corrected chi connectivity index (χ4v) is 9.39. The summed E-state index contributed by atoms with van der Waals surface area (Å²) in [7, 11) is 0. The fraction of sp³-hybridized carbons (Fsp3) is 0. The Morgan fingerprint density at radius 2 is 1.05 bits per heavy atom. The van der Waals surface area contributed by atoms with Crippen LogP contribution in [-0.4, -0.2) is 24.1 Å². The van der Waals surface area contributed by atoms with E-state index in [9.17, 15) is 5.48 Å². The maximum Gasteiger partial charge on any atom is 0.238 e. The van der Waals surface area contributed by atoms with Crippen molar-refractivity contribution < 1.29 is 8.22 Å². The Kier molecular flexibility index (Phi) is 5.82. The van der Waals surface area contributed by atoms with Crippen LogP contribution in [0.2, 0.25) is 0 Å². The highest BCUT2D eigenvalue weighted by Crippen LogP contribution is 2.43. The summed E-state index contributed by atoms with van der Waals surface area (Å²) >= 11 is 1.67. The highest BCUT2D eigenvalue weighted by molar-refractivity contribution is 7.26. The number of nitrogens with zero attached hydrogens (tertiary/aromatic N) is 5. The third-order valence-corrected chi connectivity index (χ3v) is 11.9. The first kappa shape index (κ1) is 26.4. The second-order valence-corrected chi connectivity index (χ2v) is 15.0. The summed E-state index contributed by atoms with van der Waals surface area (Å²) in [4.78, 5) is 15.6. The Hall–Kier alpha value is -7.41. The minimum absolute atomic E-state index is 0.0194. The molecule has 0 saturated carbocycles. The molecule has 4 heterocycles. The lowest BCUT2D eigenvalue weighted by atomic mass is 10.1. The van der Waals surface area contributed by atoms with Gasteiger partial charge in [0.25, 0.3) is 0 Å². The maximum atomic E-state index is 9.73. The molecular formula is C51H31N5S. The lowest BCUT2D eigenvalue weighted by molar-refractivity contribution is 0.954. The predicted octanol–water partition coefficient (Wildman–Crippen LogP) is 13.4. The van der Waals surface area contributed by atoms with E-state index in [4.69, 9.17) is 17.7 Å². The average Bonchev–Trinajstić information content (AvgIpc) is 3.97. The van der Waals surface area contributed by atoms with Crippen molar-refractivity contribution >= 4 is 75.1 Å². The van der Waals surface area contributed by atoms with E-state index in [2.05, 4.69) is 18.2 Å². The van der Waals surface area contributed by atoms with Crippen molar-refractivity contribution in [3.63, 3.8) is 0 Å². The molecule has 0 saturated heterocycles. The van der Waals surface area contributed by atoms with Crippen LogP contribution < -0.4 is 0 Å². The van der Waals surface area contributed by atoms with Gasteiger partial charge in [-0.05, 0) is 47.5 Å². The molecular weight excluding hydrogens is 715 g/mol. The predicted molar refractivity (Wildman–Crippen MR) is 238 cm³/mol. The van der Waals surface area contributed by atoms with Crippen LogP contribution >= 0.6 is 11.3 Å². The molecule has 0 amide bonds. The number of aromatic nitrogens is 5. The van der Waals surface area contributed by atoms with Gasteiger partial charge in [0.2, 0.25) is 5.95 Å². The van der Waals surface area contributed by atoms with Crippen LogP contribution in [0.1, 0.15) is 8.22 Å². The molecule has 12 aromatic rings. The third kappa shape index (κ3) is 4.91. The molecule has 0 aliphatic carbocycles. The molecule has 12 rings (SSSR count). The molecule has 0 aliphatic heterocycles. The maximum absolute atomic E-state index is 9.73. The number of para-hydroxylation sites is 2. The topological polar surface area (TPSA) is 48.5 Å². The zero-order valence-corrected chi connectivity index (χ0v) is 30.9. The summed E-state index contributed by atoms with van der Waals surface area (Å²) < 4.78 is 61.7. The van der Waals surface area contributed by atoms with Crippen LogP contribution in [0.15, 0.2) is 188 Å². The molecule has 5 nitrogen and oxygen atoms in total. The Labute approximate surface area is 339 Å². The van der Waals surface area contributed by atoms with Crippen molar-refractivity contribution in [3.05, 3.63) is 188 Å². The Morgan fingerprint density at radius 1 is 0.439 bits per heavy atom. The van der Waals surface area contributed by atoms with Crippen molar-refractivity contribution in [3.8, 4) is 45.5 Å². The van der Waals surface area contributed by atoms with Crippen LogP contribution in [0.5, 0.6) is 0 Å². The molecule has 0 spiro atoms. The number of rotatable bonds is 5. The molecule has 0 atom stereocenters. The van der Waals surface area contributed by atoms with Crippen molar-refractivity contribution in [1.29, 1.82) is 0 Å². The van der Waals surface area contributed by atoms with Gasteiger partial charge in [-0.15, -0.1) is 11.3 Å². The number of thiophene rings is 1. The first-order chi connectivity index (χ1) is 30.7. The second-order valence-electron chi connectivity index (χ2n) is 13.9. The van der Waals surface area contributed by atoms with Gasteiger partial charge < -0.3 is 4.57 Å². The van der Waals surface area contributed by atoms with Gasteiger partial charge in [-0.25, -0.2) is 4.98 Å². The highest BCUT2D eigenvalue weighted by atomic mass is 32.1. The third-order valence-electron chi connectivity index (χ3n) is 10.7. The highest BCUT2D eigenvalue weighted by Gasteiger charge is 2.24. The summed E-state index contributed by atoms with van der Waals surface area (Å²) in [5.41, 5.74) is 5.93. The van der Waals surface area contributed by atoms with Crippen LogP contribution in [0, 0.1) is 0 Å². The van der Waals surface area contributed by atoms with Gasteiger partial charge in [0.1, 0.15) is 0 Å². The first-order valence-electron chi connectivity index (χ1n) is 21.6. The summed E-state index contributed by atoms with van der Waals surface area (Å²) in [6.45, 7) is 0. The van der Waals surface area contributed by atoms with Gasteiger partial charge in [0.05, 0.1) is 30.3 Å². The quantitative estimate of drug-likeness (QED) is 0.176. The van der Waals surface area contributed by atoms with Crippen LogP contribution in [0.4, 0.5) is 0 Å². The van der Waals surface area contributed by atoms with E-state index in [-0.39, 0.29) is 42.2 Å². The second kappa shape index (κ2) is 12.6. The van der Waals surface area contributed by atoms with Crippen LogP contribution in [-0.2, 0) is 0 Å². The number of hydrogen-bond acceptors (Lipinski definition) is 4. The zero-order chi connectivity index (χ0) is 42.7. The van der Waals surface area contributed by atoms with Crippen LogP contribution in [0.3, 0.4) is 0 Å². The number of fused-ring (bicyclic) bond motifs is 10. The van der Waals surface area contributed by atoms with Crippen molar-refractivity contribution in [2.45, 2.75) is 0 Å². The van der Waals surface area contributed by atoms with Gasteiger partial charge in [-0.2, -0.15) is 9.97 Å². The Balaban J connectivity index is 1.28. The van der Waals surface area contributed by atoms with Gasteiger partial charge in [-0.1, -0.05) is 152 Å². The summed E-state index contributed by atoms with van der Waals surface area (Å²) in [5, 5.41) is 3.85. The van der Waals surface area contributed by atoms with E-state index >= 15 is 0 Å². The zero-order valence-electron chi connectivity index (χ0n) is 36.1. The first-order valence-corrected chi connectivity index (χ1v) is 19.4. The van der Waals surface area contributed by atoms with Crippen molar-refractivity contribution in [2.24, 2.45) is 0 Å². The fourth-order valence-electron chi connectivity index (χ4n) is 8.18. The molecule has 0 unspecified atom stereocenters. The lowest BCUT2D eigenvalue weighted by Gasteiger charge is -2.14. The Morgan fingerprint density at radius 3 is 1.82 bits per heavy atom. The van der Waals surface area contributed by atoms with Crippen molar-refractivity contribution in [1.82, 2.24) is 24.1 Å². The van der Waals surface area contributed by atoms with E-state index < -0.39 is 0 Å². The number of benzene rings is 8. The van der Waals surface area contributed by atoms with E-state index in [0.717, 1.165) is 42.4 Å². The van der Waals surface area contributed by atoms with Gasteiger partial charge in [0, 0.05) is 58.5 Å². The van der Waals surface area contributed by atoms with Gasteiger partial charge >= 0.3 is 0 Å². The van der Waals surface area contributed by atoms with E-state index in [0.29, 0.717) is 60.9 Å². The molecule has 6 heteroatoms. The van der Waals surface area contributed by atoms with Gasteiger partial charge in [0.15, 0.2) is 11.6 Å². The molecule has 0 aliphatic rings. The van der Waals surface area contributed by atoms with Crippen LogP contribution in [0.25, 0.3) is 109 Å². The molecule has 266 valence electrons. The summed E-state index contributed by atoms with van der Waals surface area (Å²) in [6.07, 6.45) is 0. The minimum atomic E-state index is -0.113. The van der Waals surface area contributed by atoms with E-state index in [1.165, 1.54) is 12.1 Å². The van der Waals surface area contributed by atoms with Gasteiger partial charge in [-0.3, -0.25) is 4.57 Å².